The van der Waals surface area contributed by atoms with Gasteiger partial charge < -0.3 is 11.5 Å². The fourth-order valence-electron chi connectivity index (χ4n) is 1.30. The van der Waals surface area contributed by atoms with Crippen molar-refractivity contribution in [3.05, 3.63) is 27.8 Å². The Morgan fingerprint density at radius 2 is 1.69 bits per heavy atom. The third-order valence-electron chi connectivity index (χ3n) is 2.05. The van der Waals surface area contributed by atoms with Crippen LogP contribution in [-0.2, 0) is 0 Å². The molecule has 5 nitrogen and oxygen atoms in total. The first kappa shape index (κ1) is 17.2. The molecule has 0 bridgehead atoms. The van der Waals surface area contributed by atoms with E-state index in [0.29, 0.717) is 5.69 Å². The molecule has 0 spiro atoms. The lowest BCUT2D eigenvalue weighted by molar-refractivity contribution is -0.383. The minimum absolute atomic E-state index is 0. The molecule has 0 aliphatic carbocycles. The highest BCUT2D eigenvalue weighted by Crippen LogP contribution is 2.31. The van der Waals surface area contributed by atoms with Gasteiger partial charge in [-0.05, 0) is 17.5 Å². The van der Waals surface area contributed by atoms with Gasteiger partial charge in [-0.3, -0.25) is 10.1 Å². The number of nitro benzene ring substituents is 1. The Bertz CT molecular complexity index is 383. The van der Waals surface area contributed by atoms with Crippen molar-refractivity contribution in [2.75, 3.05) is 11.5 Å². The Morgan fingerprint density at radius 1 is 1.19 bits per heavy atom. The van der Waals surface area contributed by atoms with Crippen LogP contribution < -0.4 is 11.5 Å². The van der Waals surface area contributed by atoms with E-state index < -0.39 is 4.92 Å². The molecule has 92 valence electrons. The third-order valence-corrected chi connectivity index (χ3v) is 2.05. The Morgan fingerprint density at radius 3 is 2.06 bits per heavy atom. The summed E-state index contributed by atoms with van der Waals surface area (Å²) in [5.74, 6) is 0.207. The number of nitrogens with two attached hydrogens (primary N) is 2. The lowest BCUT2D eigenvalue weighted by Gasteiger charge is -2.10. The van der Waals surface area contributed by atoms with Crippen molar-refractivity contribution in [1.29, 1.82) is 0 Å². The van der Waals surface area contributed by atoms with E-state index >= 15 is 0 Å². The van der Waals surface area contributed by atoms with Gasteiger partial charge in [-0.25, -0.2) is 0 Å². The first-order chi connectivity index (χ1) is 6.43. The summed E-state index contributed by atoms with van der Waals surface area (Å²) in [6.45, 7) is 3.91. The SMILES string of the molecule is CC(C)c1cc(N)c([N+](=O)[O-])cc1N.Cl.Cl. The monoisotopic (exact) mass is 267 g/mol. The van der Waals surface area contributed by atoms with Crippen LogP contribution >= 0.6 is 24.8 Å². The highest BCUT2D eigenvalue weighted by atomic mass is 35.5. The molecule has 7 heteroatoms. The summed E-state index contributed by atoms with van der Waals surface area (Å²) < 4.78 is 0. The van der Waals surface area contributed by atoms with Crippen LogP contribution in [0.4, 0.5) is 17.1 Å². The Balaban J connectivity index is 0. The summed E-state index contributed by atoms with van der Waals surface area (Å²) >= 11 is 0. The van der Waals surface area contributed by atoms with Crippen LogP contribution in [0.1, 0.15) is 25.3 Å². The van der Waals surface area contributed by atoms with Gasteiger partial charge in [-0.2, -0.15) is 0 Å². The second-order valence-electron chi connectivity index (χ2n) is 3.45. The lowest BCUT2D eigenvalue weighted by Crippen LogP contribution is -2.02. The van der Waals surface area contributed by atoms with Crippen molar-refractivity contribution in [3.8, 4) is 0 Å². The van der Waals surface area contributed by atoms with Gasteiger partial charge in [0, 0.05) is 11.8 Å². The molecule has 16 heavy (non-hydrogen) atoms. The molecule has 0 atom stereocenters. The number of anilines is 2. The second kappa shape index (κ2) is 6.40. The lowest BCUT2D eigenvalue weighted by atomic mass is 10.00. The largest absolute Gasteiger partial charge is 0.398 e. The predicted molar refractivity (Wildman–Crippen MR) is 70.5 cm³/mol. The number of benzene rings is 1. The van der Waals surface area contributed by atoms with E-state index in [0.717, 1.165) is 5.56 Å². The van der Waals surface area contributed by atoms with Crippen LogP contribution in [0.25, 0.3) is 0 Å². The van der Waals surface area contributed by atoms with Crippen LogP contribution in [0.15, 0.2) is 12.1 Å². The summed E-state index contributed by atoms with van der Waals surface area (Å²) in [7, 11) is 0. The van der Waals surface area contributed by atoms with Crippen molar-refractivity contribution in [2.24, 2.45) is 0 Å². The summed E-state index contributed by atoms with van der Waals surface area (Å²) in [5.41, 5.74) is 12.5. The van der Waals surface area contributed by atoms with Crippen LogP contribution in [0.3, 0.4) is 0 Å². The Labute approximate surface area is 106 Å². The quantitative estimate of drug-likeness (QED) is 0.489. The molecule has 0 radical (unpaired) electrons. The molecule has 0 amide bonds. The van der Waals surface area contributed by atoms with E-state index in [-0.39, 0.29) is 42.1 Å². The fraction of sp³-hybridized carbons (Fsp3) is 0.333. The Kier molecular flexibility index (Phi) is 6.88. The number of hydrogen-bond donors (Lipinski definition) is 2. The average Bonchev–Trinajstić information content (AvgIpc) is 2.07. The fourth-order valence-corrected chi connectivity index (χ4v) is 1.30. The van der Waals surface area contributed by atoms with Crippen molar-refractivity contribution in [3.63, 3.8) is 0 Å². The van der Waals surface area contributed by atoms with Crippen molar-refractivity contribution in [2.45, 2.75) is 19.8 Å². The number of nitrogen functional groups attached to an aromatic ring is 2. The van der Waals surface area contributed by atoms with Crippen LogP contribution in [0.5, 0.6) is 0 Å². The third kappa shape index (κ3) is 3.43. The van der Waals surface area contributed by atoms with Gasteiger partial charge in [0.25, 0.3) is 5.69 Å². The molecular formula is C9H15Cl2N3O2. The van der Waals surface area contributed by atoms with E-state index in [1.165, 1.54) is 6.07 Å². The number of rotatable bonds is 2. The molecular weight excluding hydrogens is 253 g/mol. The molecule has 0 fully saturated rings. The highest BCUT2D eigenvalue weighted by Gasteiger charge is 2.15. The van der Waals surface area contributed by atoms with Gasteiger partial charge in [0.1, 0.15) is 5.69 Å². The zero-order valence-electron chi connectivity index (χ0n) is 8.97. The summed E-state index contributed by atoms with van der Waals surface area (Å²) in [4.78, 5) is 9.99. The standard InChI is InChI=1S/C9H13N3O2.2ClH/c1-5(2)6-3-8(11)9(12(13)14)4-7(6)10;;/h3-5H,10-11H2,1-2H3;2*1H. The number of nitrogens with zero attached hydrogens (tertiary/aromatic N) is 1. The molecule has 1 aromatic carbocycles. The van der Waals surface area contributed by atoms with E-state index in [1.807, 2.05) is 13.8 Å². The number of hydrogen-bond acceptors (Lipinski definition) is 4. The van der Waals surface area contributed by atoms with E-state index in [9.17, 15) is 10.1 Å². The molecule has 1 rings (SSSR count). The predicted octanol–water partition coefficient (Wildman–Crippen LogP) is 2.73. The average molecular weight is 268 g/mol. The minimum atomic E-state index is -0.532. The van der Waals surface area contributed by atoms with Gasteiger partial charge in [0.05, 0.1) is 4.92 Å². The summed E-state index contributed by atoms with van der Waals surface area (Å²) in [5, 5.41) is 10.5. The van der Waals surface area contributed by atoms with Crippen LogP contribution in [0, 0.1) is 10.1 Å². The highest BCUT2D eigenvalue weighted by molar-refractivity contribution is 5.85. The van der Waals surface area contributed by atoms with E-state index in [4.69, 9.17) is 11.5 Å². The van der Waals surface area contributed by atoms with Gasteiger partial charge in [0.2, 0.25) is 0 Å². The zero-order chi connectivity index (χ0) is 10.9. The van der Waals surface area contributed by atoms with Gasteiger partial charge in [-0.15, -0.1) is 24.8 Å². The maximum Gasteiger partial charge on any atom is 0.294 e. The first-order valence-corrected chi connectivity index (χ1v) is 4.26. The van der Waals surface area contributed by atoms with E-state index in [1.54, 1.807) is 6.07 Å². The van der Waals surface area contributed by atoms with Crippen LogP contribution in [0.2, 0.25) is 0 Å². The normalized spacial score (nSPS) is 9.19. The number of halogens is 2. The van der Waals surface area contributed by atoms with Gasteiger partial charge >= 0.3 is 0 Å². The molecule has 0 aromatic heterocycles. The molecule has 0 saturated carbocycles. The number of nitro groups is 1. The molecule has 4 N–H and O–H groups in total. The van der Waals surface area contributed by atoms with Gasteiger partial charge in [0.15, 0.2) is 0 Å². The van der Waals surface area contributed by atoms with Crippen molar-refractivity contribution < 1.29 is 4.92 Å². The topological polar surface area (TPSA) is 95.2 Å². The molecule has 0 saturated heterocycles. The molecule has 0 aliphatic rings. The van der Waals surface area contributed by atoms with E-state index in [2.05, 4.69) is 0 Å². The van der Waals surface area contributed by atoms with Crippen molar-refractivity contribution >= 4 is 41.9 Å². The molecule has 1 aromatic rings. The van der Waals surface area contributed by atoms with Crippen molar-refractivity contribution in [1.82, 2.24) is 0 Å². The molecule has 0 aliphatic heterocycles. The summed E-state index contributed by atoms with van der Waals surface area (Å²) in [6, 6.07) is 2.88. The first-order valence-electron chi connectivity index (χ1n) is 4.26. The molecule has 0 heterocycles. The maximum absolute atomic E-state index is 10.5. The maximum atomic E-state index is 10.5. The minimum Gasteiger partial charge on any atom is -0.398 e. The van der Waals surface area contributed by atoms with Gasteiger partial charge in [-0.1, -0.05) is 13.8 Å². The molecule has 0 unspecified atom stereocenters. The summed E-state index contributed by atoms with van der Waals surface area (Å²) in [6.07, 6.45) is 0. The smallest absolute Gasteiger partial charge is 0.294 e. The Hall–Kier alpha value is -1.20. The second-order valence-corrected chi connectivity index (χ2v) is 3.45. The zero-order valence-corrected chi connectivity index (χ0v) is 10.6. The van der Waals surface area contributed by atoms with Crippen LogP contribution in [-0.4, -0.2) is 4.92 Å².